The van der Waals surface area contributed by atoms with Crippen LogP contribution in [0.25, 0.3) is 0 Å². The lowest BCUT2D eigenvalue weighted by Crippen LogP contribution is -2.08. The number of nitrogens with zero attached hydrogens (tertiary/aromatic N) is 1. The minimum atomic E-state index is -0.921. The SMILES string of the molecule is Cc1cccc(C#N)c1NCCc1cccc(C(=O)O)c1. The normalized spacial score (nSPS) is 9.90. The highest BCUT2D eigenvalue weighted by Gasteiger charge is 2.06. The molecule has 2 rings (SSSR count). The smallest absolute Gasteiger partial charge is 0.335 e. The molecule has 2 N–H and O–H groups in total. The first-order valence-electron chi connectivity index (χ1n) is 6.67. The number of hydrogen-bond acceptors (Lipinski definition) is 3. The van der Waals surface area contributed by atoms with Gasteiger partial charge in [0.2, 0.25) is 0 Å². The zero-order valence-corrected chi connectivity index (χ0v) is 11.8. The van der Waals surface area contributed by atoms with Crippen LogP contribution >= 0.6 is 0 Å². The number of para-hydroxylation sites is 1. The van der Waals surface area contributed by atoms with Crippen LogP contribution < -0.4 is 5.32 Å². The maximum Gasteiger partial charge on any atom is 0.335 e. The topological polar surface area (TPSA) is 73.1 Å². The number of aromatic carboxylic acids is 1. The van der Waals surface area contributed by atoms with Crippen LogP contribution in [0.15, 0.2) is 42.5 Å². The van der Waals surface area contributed by atoms with Crippen LogP contribution in [0.2, 0.25) is 0 Å². The summed E-state index contributed by atoms with van der Waals surface area (Å²) in [7, 11) is 0. The molecular formula is C17H16N2O2. The van der Waals surface area contributed by atoms with Crippen molar-refractivity contribution < 1.29 is 9.90 Å². The number of hydrogen-bond donors (Lipinski definition) is 2. The number of carbonyl (C=O) groups is 1. The van der Waals surface area contributed by atoms with Crippen LogP contribution in [-0.2, 0) is 6.42 Å². The highest BCUT2D eigenvalue weighted by molar-refractivity contribution is 5.87. The van der Waals surface area contributed by atoms with Crippen LogP contribution in [0.4, 0.5) is 5.69 Å². The summed E-state index contributed by atoms with van der Waals surface area (Å²) in [6.07, 6.45) is 0.695. The van der Waals surface area contributed by atoms with Crippen molar-refractivity contribution in [3.63, 3.8) is 0 Å². The molecule has 0 spiro atoms. The van der Waals surface area contributed by atoms with E-state index in [9.17, 15) is 4.79 Å². The monoisotopic (exact) mass is 280 g/mol. The molecule has 2 aromatic carbocycles. The van der Waals surface area contributed by atoms with Crippen molar-refractivity contribution >= 4 is 11.7 Å². The number of anilines is 1. The van der Waals surface area contributed by atoms with Gasteiger partial charge in [0.15, 0.2) is 0 Å². The highest BCUT2D eigenvalue weighted by Crippen LogP contribution is 2.19. The lowest BCUT2D eigenvalue weighted by Gasteiger charge is -2.11. The van der Waals surface area contributed by atoms with Crippen molar-refractivity contribution in [2.75, 3.05) is 11.9 Å². The van der Waals surface area contributed by atoms with Gasteiger partial charge in [-0.1, -0.05) is 24.3 Å². The van der Waals surface area contributed by atoms with E-state index in [1.807, 2.05) is 25.1 Å². The Balaban J connectivity index is 2.04. The summed E-state index contributed by atoms with van der Waals surface area (Å²) < 4.78 is 0. The largest absolute Gasteiger partial charge is 0.478 e. The lowest BCUT2D eigenvalue weighted by molar-refractivity contribution is 0.0697. The molecule has 0 fully saturated rings. The summed E-state index contributed by atoms with van der Waals surface area (Å²) in [5.74, 6) is -0.921. The summed E-state index contributed by atoms with van der Waals surface area (Å²) in [4.78, 5) is 10.9. The molecule has 0 aliphatic heterocycles. The molecule has 21 heavy (non-hydrogen) atoms. The van der Waals surface area contributed by atoms with Crippen molar-refractivity contribution in [2.24, 2.45) is 0 Å². The summed E-state index contributed by atoms with van der Waals surface area (Å²) in [5.41, 5.74) is 3.73. The second kappa shape index (κ2) is 6.58. The van der Waals surface area contributed by atoms with Crippen molar-refractivity contribution in [1.82, 2.24) is 0 Å². The first-order valence-corrected chi connectivity index (χ1v) is 6.67. The predicted octanol–water partition coefficient (Wildman–Crippen LogP) is 3.22. The van der Waals surface area contributed by atoms with Gasteiger partial charge in [0, 0.05) is 6.54 Å². The molecule has 0 aromatic heterocycles. The molecule has 0 unspecified atom stereocenters. The maximum atomic E-state index is 10.9. The third-order valence-corrected chi connectivity index (χ3v) is 3.28. The average Bonchev–Trinajstić information content (AvgIpc) is 2.49. The molecule has 106 valence electrons. The Bertz CT molecular complexity index is 702. The number of carboxylic acid groups (broad SMARTS) is 1. The number of nitrogens with one attached hydrogen (secondary N) is 1. The molecule has 0 amide bonds. The second-order valence-corrected chi connectivity index (χ2v) is 4.79. The molecule has 0 aliphatic rings. The first-order chi connectivity index (χ1) is 10.1. The molecule has 2 aromatic rings. The van der Waals surface area contributed by atoms with Gasteiger partial charge in [0.25, 0.3) is 0 Å². The van der Waals surface area contributed by atoms with Gasteiger partial charge >= 0.3 is 5.97 Å². The van der Waals surface area contributed by atoms with Gasteiger partial charge < -0.3 is 10.4 Å². The Hall–Kier alpha value is -2.80. The summed E-state index contributed by atoms with van der Waals surface area (Å²) in [6.45, 7) is 2.59. The predicted molar refractivity (Wildman–Crippen MR) is 81.5 cm³/mol. The van der Waals surface area contributed by atoms with Crippen LogP contribution in [0, 0.1) is 18.3 Å². The van der Waals surface area contributed by atoms with E-state index in [2.05, 4.69) is 11.4 Å². The van der Waals surface area contributed by atoms with E-state index in [0.29, 0.717) is 24.1 Å². The first kappa shape index (κ1) is 14.6. The maximum absolute atomic E-state index is 10.9. The molecule has 4 nitrogen and oxygen atoms in total. The van der Waals surface area contributed by atoms with Gasteiger partial charge in [-0.05, 0) is 42.7 Å². The molecule has 0 saturated carbocycles. The number of benzene rings is 2. The zero-order valence-electron chi connectivity index (χ0n) is 11.8. The molecule has 0 atom stereocenters. The molecule has 0 heterocycles. The van der Waals surface area contributed by atoms with E-state index < -0.39 is 5.97 Å². The average molecular weight is 280 g/mol. The lowest BCUT2D eigenvalue weighted by atomic mass is 10.1. The standard InChI is InChI=1S/C17H16N2O2/c1-12-4-2-7-15(11-18)16(12)19-9-8-13-5-3-6-14(10-13)17(20)21/h2-7,10,19H,8-9H2,1H3,(H,20,21). The van der Waals surface area contributed by atoms with Crippen LogP contribution in [0.3, 0.4) is 0 Å². The quantitative estimate of drug-likeness (QED) is 0.882. The molecule has 0 aliphatic carbocycles. The van der Waals surface area contributed by atoms with Gasteiger partial charge in [-0.3, -0.25) is 0 Å². The number of rotatable bonds is 5. The van der Waals surface area contributed by atoms with E-state index in [0.717, 1.165) is 16.8 Å². The molecule has 0 radical (unpaired) electrons. The van der Waals surface area contributed by atoms with E-state index in [4.69, 9.17) is 10.4 Å². The Morgan fingerprint density at radius 2 is 2.05 bits per heavy atom. The van der Waals surface area contributed by atoms with Gasteiger partial charge in [0.05, 0.1) is 16.8 Å². The Labute approximate surface area is 123 Å². The highest BCUT2D eigenvalue weighted by atomic mass is 16.4. The van der Waals surface area contributed by atoms with Crippen molar-refractivity contribution in [1.29, 1.82) is 5.26 Å². The minimum Gasteiger partial charge on any atom is -0.478 e. The van der Waals surface area contributed by atoms with Gasteiger partial charge in [-0.15, -0.1) is 0 Å². The Morgan fingerprint density at radius 3 is 2.76 bits per heavy atom. The van der Waals surface area contributed by atoms with Crippen molar-refractivity contribution in [2.45, 2.75) is 13.3 Å². The molecule has 0 bridgehead atoms. The minimum absolute atomic E-state index is 0.293. The van der Waals surface area contributed by atoms with Gasteiger partial charge in [-0.2, -0.15) is 5.26 Å². The summed E-state index contributed by atoms with van der Waals surface area (Å²) in [6, 6.07) is 14.7. The van der Waals surface area contributed by atoms with Gasteiger partial charge in [0.1, 0.15) is 6.07 Å². The van der Waals surface area contributed by atoms with Gasteiger partial charge in [-0.25, -0.2) is 4.79 Å². The van der Waals surface area contributed by atoms with Crippen LogP contribution in [-0.4, -0.2) is 17.6 Å². The van der Waals surface area contributed by atoms with E-state index in [1.165, 1.54) is 0 Å². The van der Waals surface area contributed by atoms with E-state index in [1.54, 1.807) is 24.3 Å². The fraction of sp³-hybridized carbons (Fsp3) is 0.176. The zero-order chi connectivity index (χ0) is 15.2. The van der Waals surface area contributed by atoms with Crippen LogP contribution in [0.5, 0.6) is 0 Å². The molecule has 0 saturated heterocycles. The van der Waals surface area contributed by atoms with Crippen LogP contribution in [0.1, 0.15) is 27.0 Å². The molecule has 4 heteroatoms. The Morgan fingerprint density at radius 1 is 1.29 bits per heavy atom. The third kappa shape index (κ3) is 3.61. The second-order valence-electron chi connectivity index (χ2n) is 4.79. The van der Waals surface area contributed by atoms with E-state index in [-0.39, 0.29) is 0 Å². The summed E-state index contributed by atoms with van der Waals surface area (Å²) in [5, 5.41) is 21.3. The van der Waals surface area contributed by atoms with Crippen molar-refractivity contribution in [3.8, 4) is 6.07 Å². The Kier molecular flexibility index (Phi) is 4.57. The fourth-order valence-corrected chi connectivity index (χ4v) is 2.19. The third-order valence-electron chi connectivity index (χ3n) is 3.28. The number of carboxylic acids is 1. The van der Waals surface area contributed by atoms with E-state index >= 15 is 0 Å². The molecular weight excluding hydrogens is 264 g/mol. The van der Waals surface area contributed by atoms with Crippen molar-refractivity contribution in [3.05, 3.63) is 64.7 Å². The fourth-order valence-electron chi connectivity index (χ4n) is 2.19. The number of aryl methyl sites for hydroxylation is 1. The number of nitriles is 1. The summed E-state index contributed by atoms with van der Waals surface area (Å²) >= 11 is 0.